The highest BCUT2D eigenvalue weighted by molar-refractivity contribution is 5.55. The highest BCUT2D eigenvalue weighted by Crippen LogP contribution is 2.32. The molecule has 0 fully saturated rings. The Kier molecular flexibility index (Phi) is 5.73. The van der Waals surface area contributed by atoms with Gasteiger partial charge in [0.2, 0.25) is 0 Å². The van der Waals surface area contributed by atoms with Crippen molar-refractivity contribution < 1.29 is 9.47 Å². The van der Waals surface area contributed by atoms with Crippen molar-refractivity contribution in [1.82, 2.24) is 0 Å². The first kappa shape index (κ1) is 16.7. The predicted molar refractivity (Wildman–Crippen MR) is 85.9 cm³/mol. The van der Waals surface area contributed by atoms with Gasteiger partial charge >= 0.3 is 0 Å². The maximum absolute atomic E-state index is 5.85. The van der Waals surface area contributed by atoms with E-state index in [1.165, 1.54) is 0 Å². The fourth-order valence-electron chi connectivity index (χ4n) is 1.68. The molecule has 3 nitrogen and oxygen atoms in total. The second-order valence-electron chi connectivity index (χ2n) is 6.91. The van der Waals surface area contributed by atoms with Crippen LogP contribution in [0.2, 0.25) is 0 Å². The number of hydrogen-bond acceptors (Lipinski definition) is 3. The van der Waals surface area contributed by atoms with Gasteiger partial charge in [0.15, 0.2) is 11.5 Å². The van der Waals surface area contributed by atoms with Crippen molar-refractivity contribution in [3.05, 3.63) is 18.2 Å². The van der Waals surface area contributed by atoms with Crippen LogP contribution in [0, 0.1) is 5.41 Å². The van der Waals surface area contributed by atoms with E-state index in [1.807, 2.05) is 45.9 Å². The molecule has 0 unspecified atom stereocenters. The third-order valence-corrected chi connectivity index (χ3v) is 2.49. The minimum atomic E-state index is 0.127. The summed E-state index contributed by atoms with van der Waals surface area (Å²) in [7, 11) is 0. The summed E-state index contributed by atoms with van der Waals surface area (Å²) >= 11 is 0. The lowest BCUT2D eigenvalue weighted by molar-refractivity contribution is 0.199. The summed E-state index contributed by atoms with van der Waals surface area (Å²) in [5, 5.41) is 3.44. The van der Waals surface area contributed by atoms with Crippen molar-refractivity contribution >= 4 is 5.69 Å². The Balaban J connectivity index is 2.89. The van der Waals surface area contributed by atoms with E-state index < -0.39 is 0 Å². The van der Waals surface area contributed by atoms with Crippen LogP contribution >= 0.6 is 0 Å². The standard InChI is InChI=1S/C17H29NO2/c1-12(2)19-15-9-8-14(18-11-17(5,6)7)10-16(15)20-13(3)4/h8-10,12-13,18H,11H2,1-7H3. The van der Waals surface area contributed by atoms with Crippen molar-refractivity contribution in [2.45, 2.75) is 60.7 Å². The second-order valence-corrected chi connectivity index (χ2v) is 6.91. The molecule has 1 N–H and O–H groups in total. The fourth-order valence-corrected chi connectivity index (χ4v) is 1.68. The summed E-state index contributed by atoms with van der Waals surface area (Å²) in [6, 6.07) is 6.03. The Bertz CT molecular complexity index is 419. The topological polar surface area (TPSA) is 30.5 Å². The third kappa shape index (κ3) is 6.18. The maximum atomic E-state index is 5.85. The van der Waals surface area contributed by atoms with Crippen molar-refractivity contribution in [3.8, 4) is 11.5 Å². The van der Waals surface area contributed by atoms with E-state index in [9.17, 15) is 0 Å². The monoisotopic (exact) mass is 279 g/mol. The molecule has 0 aliphatic rings. The van der Waals surface area contributed by atoms with Gasteiger partial charge in [-0.2, -0.15) is 0 Å². The lowest BCUT2D eigenvalue weighted by Crippen LogP contribution is -2.19. The molecule has 1 aromatic carbocycles. The first-order valence-electron chi connectivity index (χ1n) is 7.38. The molecule has 0 spiro atoms. The van der Waals surface area contributed by atoms with Gasteiger partial charge in [-0.3, -0.25) is 0 Å². The summed E-state index contributed by atoms with van der Waals surface area (Å²) in [5.41, 5.74) is 1.30. The van der Waals surface area contributed by atoms with Crippen molar-refractivity contribution in [2.24, 2.45) is 5.41 Å². The summed E-state index contributed by atoms with van der Waals surface area (Å²) in [6.07, 6.45) is 0.264. The molecule has 0 aliphatic carbocycles. The molecule has 0 saturated carbocycles. The minimum absolute atomic E-state index is 0.127. The van der Waals surface area contributed by atoms with E-state index in [0.717, 1.165) is 23.7 Å². The van der Waals surface area contributed by atoms with Gasteiger partial charge in [-0.05, 0) is 45.2 Å². The van der Waals surface area contributed by atoms with Crippen LogP contribution in [0.4, 0.5) is 5.69 Å². The normalized spacial score (nSPS) is 11.8. The van der Waals surface area contributed by atoms with Crippen LogP contribution in [0.1, 0.15) is 48.5 Å². The number of ether oxygens (including phenoxy) is 2. The molecule has 0 amide bonds. The van der Waals surface area contributed by atoms with E-state index in [0.29, 0.717) is 0 Å². The molecule has 0 atom stereocenters. The molecule has 0 radical (unpaired) electrons. The number of nitrogens with one attached hydrogen (secondary N) is 1. The van der Waals surface area contributed by atoms with E-state index in [2.05, 4.69) is 26.1 Å². The van der Waals surface area contributed by atoms with Crippen LogP contribution in [0.15, 0.2) is 18.2 Å². The molecule has 20 heavy (non-hydrogen) atoms. The predicted octanol–water partition coefficient (Wildman–Crippen LogP) is 4.72. The molecule has 114 valence electrons. The fraction of sp³-hybridized carbons (Fsp3) is 0.647. The molecule has 0 heterocycles. The lowest BCUT2D eigenvalue weighted by atomic mass is 9.97. The average Bonchev–Trinajstić information content (AvgIpc) is 2.27. The van der Waals surface area contributed by atoms with Gasteiger partial charge in [0.05, 0.1) is 12.2 Å². The molecule has 0 aromatic heterocycles. The summed E-state index contributed by atoms with van der Waals surface area (Å²) < 4.78 is 11.6. The SMILES string of the molecule is CC(C)Oc1ccc(NCC(C)(C)C)cc1OC(C)C. The molecule has 0 aliphatic heterocycles. The first-order valence-corrected chi connectivity index (χ1v) is 7.38. The van der Waals surface area contributed by atoms with Gasteiger partial charge in [0.25, 0.3) is 0 Å². The van der Waals surface area contributed by atoms with Crippen LogP contribution in [-0.2, 0) is 0 Å². The highest BCUT2D eigenvalue weighted by Gasteiger charge is 2.13. The Hall–Kier alpha value is -1.38. The van der Waals surface area contributed by atoms with E-state index >= 15 is 0 Å². The number of hydrogen-bond donors (Lipinski definition) is 1. The van der Waals surface area contributed by atoms with Gasteiger partial charge in [-0.1, -0.05) is 20.8 Å². The molecule has 1 rings (SSSR count). The molecule has 1 aromatic rings. The second kappa shape index (κ2) is 6.87. The van der Waals surface area contributed by atoms with E-state index in [1.54, 1.807) is 0 Å². The number of rotatable bonds is 6. The van der Waals surface area contributed by atoms with Crippen LogP contribution in [-0.4, -0.2) is 18.8 Å². The zero-order valence-electron chi connectivity index (χ0n) is 13.9. The Morgan fingerprint density at radius 3 is 2.00 bits per heavy atom. The quantitative estimate of drug-likeness (QED) is 0.817. The zero-order valence-corrected chi connectivity index (χ0v) is 13.9. The van der Waals surface area contributed by atoms with Crippen LogP contribution in [0.25, 0.3) is 0 Å². The smallest absolute Gasteiger partial charge is 0.163 e. The van der Waals surface area contributed by atoms with E-state index in [-0.39, 0.29) is 17.6 Å². The number of benzene rings is 1. The maximum Gasteiger partial charge on any atom is 0.163 e. The van der Waals surface area contributed by atoms with Crippen LogP contribution < -0.4 is 14.8 Å². The largest absolute Gasteiger partial charge is 0.487 e. The highest BCUT2D eigenvalue weighted by atomic mass is 16.5. The van der Waals surface area contributed by atoms with Gasteiger partial charge in [0.1, 0.15) is 0 Å². The van der Waals surface area contributed by atoms with E-state index in [4.69, 9.17) is 9.47 Å². The molecule has 0 saturated heterocycles. The van der Waals surface area contributed by atoms with Crippen molar-refractivity contribution in [3.63, 3.8) is 0 Å². The Labute approximate surface area is 123 Å². The summed E-state index contributed by atoms with van der Waals surface area (Å²) in [5.74, 6) is 1.60. The average molecular weight is 279 g/mol. The minimum Gasteiger partial charge on any atom is -0.487 e. The Morgan fingerprint density at radius 1 is 0.950 bits per heavy atom. The molecule has 0 bridgehead atoms. The van der Waals surface area contributed by atoms with Crippen LogP contribution in [0.5, 0.6) is 11.5 Å². The third-order valence-electron chi connectivity index (χ3n) is 2.49. The van der Waals surface area contributed by atoms with Gasteiger partial charge in [-0.15, -0.1) is 0 Å². The molecular weight excluding hydrogens is 250 g/mol. The molecule has 3 heteroatoms. The van der Waals surface area contributed by atoms with Gasteiger partial charge in [0, 0.05) is 18.3 Å². The summed E-state index contributed by atoms with van der Waals surface area (Å²) in [6.45, 7) is 15.6. The number of anilines is 1. The molecular formula is C17H29NO2. The van der Waals surface area contributed by atoms with Crippen LogP contribution in [0.3, 0.4) is 0 Å². The van der Waals surface area contributed by atoms with Gasteiger partial charge in [-0.25, -0.2) is 0 Å². The summed E-state index contributed by atoms with van der Waals surface area (Å²) in [4.78, 5) is 0. The first-order chi connectivity index (χ1) is 9.17. The lowest BCUT2D eigenvalue weighted by Gasteiger charge is -2.21. The zero-order chi connectivity index (χ0) is 15.3. The Morgan fingerprint density at radius 2 is 1.50 bits per heavy atom. The van der Waals surface area contributed by atoms with Crippen molar-refractivity contribution in [1.29, 1.82) is 0 Å². The van der Waals surface area contributed by atoms with Gasteiger partial charge < -0.3 is 14.8 Å². The van der Waals surface area contributed by atoms with Crippen molar-refractivity contribution in [2.75, 3.05) is 11.9 Å².